The SMILES string of the molecule is CC(C)CCCCC1CCC2C3CC=C4CC(OC(=O)CCC=O)CCC4(C)C3CCC12C.CN(CCCN)CCCCN. The standard InChI is InChI=1S/C30H48O3.C8H21N3/c1-21(2)8-5-6-9-22-12-14-26-25-13-11-23-20-24(33-28(32)10-7-19-31)15-17-30(23,4)27(25)16-18-29(22,26)3;1-11(8-4-6-10)7-3-2-5-9/h11,19,21-22,24-27H,5-10,12-18,20H2,1-4H3;2-10H2,1H3. The first kappa shape index (κ1) is 37.2. The van der Waals surface area contributed by atoms with Crippen molar-refractivity contribution in [3.63, 3.8) is 0 Å². The number of rotatable bonds is 16. The Labute approximate surface area is 270 Å². The highest BCUT2D eigenvalue weighted by Crippen LogP contribution is 2.66. The maximum Gasteiger partial charge on any atom is 0.306 e. The van der Waals surface area contributed by atoms with Crippen molar-refractivity contribution in [2.75, 3.05) is 33.2 Å². The lowest BCUT2D eigenvalue weighted by atomic mass is 9.47. The van der Waals surface area contributed by atoms with Gasteiger partial charge in [-0.05, 0) is 144 Å². The summed E-state index contributed by atoms with van der Waals surface area (Å²) in [7, 11) is 2.13. The van der Waals surface area contributed by atoms with Crippen LogP contribution in [-0.2, 0) is 14.3 Å². The zero-order valence-corrected chi connectivity index (χ0v) is 29.3. The Bertz CT molecular complexity index is 906. The van der Waals surface area contributed by atoms with Gasteiger partial charge in [0, 0.05) is 12.8 Å². The van der Waals surface area contributed by atoms with Crippen LogP contribution < -0.4 is 11.5 Å². The molecule has 0 radical (unpaired) electrons. The Kier molecular flexibility index (Phi) is 15.4. The van der Waals surface area contributed by atoms with E-state index >= 15 is 0 Å². The third kappa shape index (κ3) is 9.88. The summed E-state index contributed by atoms with van der Waals surface area (Å²) in [6, 6.07) is 0. The molecule has 0 bridgehead atoms. The van der Waals surface area contributed by atoms with Crippen LogP contribution >= 0.6 is 0 Å². The molecule has 4 N–H and O–H groups in total. The lowest BCUT2D eigenvalue weighted by molar-refractivity contribution is -0.152. The Morgan fingerprint density at radius 2 is 1.75 bits per heavy atom. The minimum atomic E-state index is -0.205. The van der Waals surface area contributed by atoms with Gasteiger partial charge in [0.05, 0.1) is 6.42 Å². The molecule has 0 saturated heterocycles. The molecule has 4 aliphatic rings. The quantitative estimate of drug-likeness (QED) is 0.0800. The first-order valence-corrected chi connectivity index (χ1v) is 18.5. The van der Waals surface area contributed by atoms with Gasteiger partial charge in [-0.15, -0.1) is 0 Å². The Morgan fingerprint density at radius 3 is 2.45 bits per heavy atom. The number of allylic oxidation sites excluding steroid dienone is 1. The highest BCUT2D eigenvalue weighted by molar-refractivity contribution is 5.72. The van der Waals surface area contributed by atoms with E-state index in [-0.39, 0.29) is 24.9 Å². The predicted octanol–water partition coefficient (Wildman–Crippen LogP) is 7.68. The molecular weight excluding hydrogens is 546 g/mol. The van der Waals surface area contributed by atoms with Crippen LogP contribution in [0.3, 0.4) is 0 Å². The van der Waals surface area contributed by atoms with Gasteiger partial charge < -0.3 is 25.9 Å². The Hall–Kier alpha value is -1.24. The van der Waals surface area contributed by atoms with Crippen molar-refractivity contribution in [3.8, 4) is 0 Å². The molecule has 0 aliphatic heterocycles. The molecule has 0 aromatic heterocycles. The molecule has 0 aromatic rings. The van der Waals surface area contributed by atoms with Crippen LogP contribution in [0.15, 0.2) is 11.6 Å². The number of carbonyl (C=O) groups excluding carboxylic acids is 2. The molecule has 254 valence electrons. The number of nitrogens with two attached hydrogens (primary N) is 2. The fourth-order valence-corrected chi connectivity index (χ4v) is 9.68. The van der Waals surface area contributed by atoms with E-state index in [1.165, 1.54) is 64.2 Å². The van der Waals surface area contributed by atoms with E-state index in [9.17, 15) is 9.59 Å². The van der Waals surface area contributed by atoms with Gasteiger partial charge in [0.25, 0.3) is 0 Å². The van der Waals surface area contributed by atoms with Gasteiger partial charge in [-0.3, -0.25) is 4.79 Å². The summed E-state index contributed by atoms with van der Waals surface area (Å²) in [5, 5.41) is 0. The van der Waals surface area contributed by atoms with Crippen LogP contribution in [0.1, 0.15) is 137 Å². The van der Waals surface area contributed by atoms with Gasteiger partial charge >= 0.3 is 5.97 Å². The number of hydrogen-bond donors (Lipinski definition) is 2. The Balaban J connectivity index is 0.000000411. The molecule has 3 saturated carbocycles. The van der Waals surface area contributed by atoms with E-state index in [2.05, 4.69) is 45.7 Å². The molecule has 4 aliphatic carbocycles. The number of unbranched alkanes of at least 4 members (excludes halogenated alkanes) is 2. The third-order valence-electron chi connectivity index (χ3n) is 12.3. The van der Waals surface area contributed by atoms with Crippen LogP contribution in [0.4, 0.5) is 0 Å². The van der Waals surface area contributed by atoms with Crippen molar-refractivity contribution in [2.24, 2.45) is 51.9 Å². The summed E-state index contributed by atoms with van der Waals surface area (Å²) in [5.74, 6) is 4.14. The van der Waals surface area contributed by atoms with Gasteiger partial charge in [-0.2, -0.15) is 0 Å². The molecule has 7 atom stereocenters. The second kappa shape index (κ2) is 18.2. The summed E-state index contributed by atoms with van der Waals surface area (Å²) in [6.07, 6.45) is 23.0. The third-order valence-corrected chi connectivity index (χ3v) is 12.3. The van der Waals surface area contributed by atoms with Gasteiger partial charge in [0.2, 0.25) is 0 Å². The highest BCUT2D eigenvalue weighted by Gasteiger charge is 2.58. The number of ether oxygens (including phenoxy) is 1. The molecule has 6 nitrogen and oxygen atoms in total. The van der Waals surface area contributed by atoms with Crippen molar-refractivity contribution in [3.05, 3.63) is 11.6 Å². The molecule has 7 unspecified atom stereocenters. The molecule has 0 heterocycles. The minimum Gasteiger partial charge on any atom is -0.462 e. The van der Waals surface area contributed by atoms with Crippen LogP contribution in [0, 0.1) is 40.4 Å². The van der Waals surface area contributed by atoms with Crippen molar-refractivity contribution in [2.45, 2.75) is 143 Å². The molecule has 4 rings (SSSR count). The molecule has 44 heavy (non-hydrogen) atoms. The summed E-state index contributed by atoms with van der Waals surface area (Å²) >= 11 is 0. The minimum absolute atomic E-state index is 0.00980. The van der Waals surface area contributed by atoms with Crippen molar-refractivity contribution >= 4 is 12.3 Å². The van der Waals surface area contributed by atoms with Crippen LogP contribution in [0.2, 0.25) is 0 Å². The maximum absolute atomic E-state index is 12.1. The van der Waals surface area contributed by atoms with Gasteiger partial charge in [0.15, 0.2) is 0 Å². The lowest BCUT2D eigenvalue weighted by Crippen LogP contribution is -2.50. The number of fused-ring (bicyclic) bond motifs is 5. The Morgan fingerprint density at radius 1 is 1.00 bits per heavy atom. The fourth-order valence-electron chi connectivity index (χ4n) is 9.68. The maximum atomic E-state index is 12.1. The largest absolute Gasteiger partial charge is 0.462 e. The first-order chi connectivity index (χ1) is 21.1. The number of nitrogens with zero attached hydrogens (tertiary/aromatic N) is 1. The van der Waals surface area contributed by atoms with E-state index in [0.29, 0.717) is 10.8 Å². The molecule has 6 heteroatoms. The number of hydrogen-bond acceptors (Lipinski definition) is 6. The van der Waals surface area contributed by atoms with Gasteiger partial charge in [0.1, 0.15) is 12.4 Å². The second-order valence-corrected chi connectivity index (χ2v) is 15.8. The summed E-state index contributed by atoms with van der Waals surface area (Å²) < 4.78 is 5.75. The average Bonchev–Trinajstić information content (AvgIpc) is 3.33. The molecule has 0 amide bonds. The number of aldehydes is 1. The second-order valence-electron chi connectivity index (χ2n) is 15.8. The summed E-state index contributed by atoms with van der Waals surface area (Å²) in [5.41, 5.74) is 13.2. The lowest BCUT2D eigenvalue weighted by Gasteiger charge is -2.58. The average molecular weight is 616 g/mol. The van der Waals surface area contributed by atoms with Crippen molar-refractivity contribution in [1.82, 2.24) is 4.90 Å². The molecule has 0 spiro atoms. The number of esters is 1. The smallest absolute Gasteiger partial charge is 0.306 e. The molecule has 0 aromatic carbocycles. The highest BCUT2D eigenvalue weighted by atomic mass is 16.5. The predicted molar refractivity (Wildman–Crippen MR) is 183 cm³/mol. The first-order valence-electron chi connectivity index (χ1n) is 18.5. The van der Waals surface area contributed by atoms with Gasteiger partial charge in [-0.1, -0.05) is 58.6 Å². The van der Waals surface area contributed by atoms with E-state index in [1.54, 1.807) is 5.57 Å². The summed E-state index contributed by atoms with van der Waals surface area (Å²) in [6.45, 7) is 13.8. The van der Waals surface area contributed by atoms with Crippen molar-refractivity contribution < 1.29 is 14.3 Å². The van der Waals surface area contributed by atoms with E-state index in [1.807, 2.05) is 0 Å². The van der Waals surface area contributed by atoms with Crippen molar-refractivity contribution in [1.29, 1.82) is 0 Å². The van der Waals surface area contributed by atoms with Crippen LogP contribution in [0.5, 0.6) is 0 Å². The zero-order valence-electron chi connectivity index (χ0n) is 29.3. The number of carbonyl (C=O) groups is 2. The van der Waals surface area contributed by atoms with E-state index < -0.39 is 0 Å². The van der Waals surface area contributed by atoms with Crippen LogP contribution in [-0.4, -0.2) is 56.5 Å². The fraction of sp³-hybridized carbons (Fsp3) is 0.895. The normalized spacial score (nSPS) is 32.7. The van der Waals surface area contributed by atoms with E-state index in [0.717, 1.165) is 94.2 Å². The molecular formula is C38H69N3O3. The van der Waals surface area contributed by atoms with E-state index in [4.69, 9.17) is 16.2 Å². The monoisotopic (exact) mass is 616 g/mol. The summed E-state index contributed by atoms with van der Waals surface area (Å²) in [4.78, 5) is 24.9. The van der Waals surface area contributed by atoms with Gasteiger partial charge in [-0.25, -0.2) is 0 Å². The van der Waals surface area contributed by atoms with Crippen LogP contribution in [0.25, 0.3) is 0 Å². The zero-order chi connectivity index (χ0) is 32.2. The molecule has 3 fully saturated rings. The topological polar surface area (TPSA) is 98.7 Å².